The second-order valence-corrected chi connectivity index (χ2v) is 6.71. The summed E-state index contributed by atoms with van der Waals surface area (Å²) < 4.78 is 0.793. The number of nitrogens with one attached hydrogen (secondary N) is 2. The van der Waals surface area contributed by atoms with Crippen molar-refractivity contribution in [3.8, 4) is 0 Å². The van der Waals surface area contributed by atoms with E-state index in [1.165, 1.54) is 12.1 Å². The van der Waals surface area contributed by atoms with Gasteiger partial charge in [0.1, 0.15) is 4.32 Å². The Labute approximate surface area is 147 Å². The largest absolute Gasteiger partial charge is 0.478 e. The lowest BCUT2D eigenvalue weighted by atomic mass is 10.1. The zero-order chi connectivity index (χ0) is 17.0. The van der Waals surface area contributed by atoms with Crippen molar-refractivity contribution in [3.05, 3.63) is 29.3 Å². The molecular weight excluding hydrogens is 358 g/mol. The van der Waals surface area contributed by atoms with E-state index < -0.39 is 11.9 Å². The molecule has 1 aromatic carbocycles. The second-order valence-electron chi connectivity index (χ2n) is 4.58. The number of carboxylic acids is 2. The predicted octanol–water partition coefficient (Wildman–Crippen LogP) is 1.66. The molecule has 0 unspecified atom stereocenters. The van der Waals surface area contributed by atoms with Crippen LogP contribution in [-0.4, -0.2) is 55.5 Å². The third-order valence-electron chi connectivity index (χ3n) is 2.96. The van der Waals surface area contributed by atoms with E-state index in [2.05, 4.69) is 10.6 Å². The standard InChI is InChI=1S/C13H13N3O4S3/c17-10(18)7-3-8(11(19)20)5-9(4-7)15-12(21)14-6-16-1-2-23-13(16)22/h3-5H,1-2,6H2,(H,17,18)(H,19,20)(H2,14,15,21). The Hall–Kier alpha value is -1.91. The summed E-state index contributed by atoms with van der Waals surface area (Å²) in [6.07, 6.45) is 0. The number of thioether (sulfide) groups is 1. The van der Waals surface area contributed by atoms with Crippen LogP contribution in [0.3, 0.4) is 0 Å². The van der Waals surface area contributed by atoms with Crippen molar-refractivity contribution in [2.75, 3.05) is 24.3 Å². The SMILES string of the molecule is O=C(O)c1cc(NC(=S)NCN2CCSC2=S)cc(C(=O)O)c1. The molecule has 1 fully saturated rings. The molecule has 1 aromatic rings. The van der Waals surface area contributed by atoms with Gasteiger partial charge in [-0.1, -0.05) is 24.0 Å². The minimum Gasteiger partial charge on any atom is -0.478 e. The Kier molecular flexibility index (Phi) is 5.74. The number of rotatable bonds is 5. The molecule has 1 saturated heterocycles. The van der Waals surface area contributed by atoms with Gasteiger partial charge in [0, 0.05) is 18.0 Å². The smallest absolute Gasteiger partial charge is 0.335 e. The zero-order valence-electron chi connectivity index (χ0n) is 11.7. The third kappa shape index (κ3) is 4.78. The van der Waals surface area contributed by atoms with Crippen LogP contribution in [0.1, 0.15) is 20.7 Å². The minimum absolute atomic E-state index is 0.132. The molecule has 0 spiro atoms. The van der Waals surface area contributed by atoms with Crippen LogP contribution in [0.5, 0.6) is 0 Å². The molecule has 7 nitrogen and oxygen atoms in total. The first-order valence-corrected chi connectivity index (χ1v) is 8.25. The lowest BCUT2D eigenvalue weighted by molar-refractivity contribution is 0.0696. The summed E-state index contributed by atoms with van der Waals surface area (Å²) >= 11 is 11.9. The predicted molar refractivity (Wildman–Crippen MR) is 96.3 cm³/mol. The van der Waals surface area contributed by atoms with Gasteiger partial charge in [0.05, 0.1) is 17.8 Å². The van der Waals surface area contributed by atoms with Crippen molar-refractivity contribution in [1.82, 2.24) is 10.2 Å². The Morgan fingerprint density at radius 2 is 1.83 bits per heavy atom. The van der Waals surface area contributed by atoms with Crippen LogP contribution >= 0.6 is 36.2 Å². The number of benzene rings is 1. The van der Waals surface area contributed by atoms with E-state index in [1.807, 2.05) is 4.90 Å². The van der Waals surface area contributed by atoms with Crippen molar-refractivity contribution < 1.29 is 19.8 Å². The van der Waals surface area contributed by atoms with E-state index in [0.29, 0.717) is 6.67 Å². The Balaban J connectivity index is 2.03. The molecular formula is C13H13N3O4S3. The second kappa shape index (κ2) is 7.57. The maximum Gasteiger partial charge on any atom is 0.335 e. The van der Waals surface area contributed by atoms with Crippen molar-refractivity contribution in [2.45, 2.75) is 0 Å². The molecule has 2 rings (SSSR count). The van der Waals surface area contributed by atoms with Gasteiger partial charge in [0.2, 0.25) is 0 Å². The Morgan fingerprint density at radius 3 is 2.30 bits per heavy atom. The summed E-state index contributed by atoms with van der Waals surface area (Å²) in [5.41, 5.74) is 0.0258. The summed E-state index contributed by atoms with van der Waals surface area (Å²) in [7, 11) is 0. The number of hydrogen-bond donors (Lipinski definition) is 4. The van der Waals surface area contributed by atoms with Crippen LogP contribution in [0, 0.1) is 0 Å². The van der Waals surface area contributed by atoms with Gasteiger partial charge in [-0.2, -0.15) is 0 Å². The fourth-order valence-corrected chi connectivity index (χ4v) is 3.27. The van der Waals surface area contributed by atoms with Gasteiger partial charge in [0.15, 0.2) is 5.11 Å². The number of nitrogens with zero attached hydrogens (tertiary/aromatic N) is 1. The first-order valence-electron chi connectivity index (χ1n) is 6.45. The summed E-state index contributed by atoms with van der Waals surface area (Å²) in [5, 5.41) is 24.1. The number of carbonyl (C=O) groups is 2. The molecule has 0 atom stereocenters. The topological polar surface area (TPSA) is 102 Å². The third-order valence-corrected chi connectivity index (χ3v) is 4.71. The average molecular weight is 371 g/mol. The number of carboxylic acid groups (broad SMARTS) is 2. The Morgan fingerprint density at radius 1 is 1.22 bits per heavy atom. The molecule has 0 saturated carbocycles. The van der Waals surface area contributed by atoms with E-state index in [4.69, 9.17) is 34.6 Å². The van der Waals surface area contributed by atoms with Crippen LogP contribution in [0.25, 0.3) is 0 Å². The maximum absolute atomic E-state index is 11.1. The van der Waals surface area contributed by atoms with Crippen LogP contribution in [0.2, 0.25) is 0 Å². The van der Waals surface area contributed by atoms with E-state index in [0.717, 1.165) is 22.7 Å². The molecule has 1 aliphatic heterocycles. The van der Waals surface area contributed by atoms with Crippen LogP contribution < -0.4 is 10.6 Å². The van der Waals surface area contributed by atoms with Crippen LogP contribution in [0.15, 0.2) is 18.2 Å². The maximum atomic E-state index is 11.1. The molecule has 10 heteroatoms. The van der Waals surface area contributed by atoms with E-state index in [9.17, 15) is 9.59 Å². The highest BCUT2D eigenvalue weighted by molar-refractivity contribution is 8.23. The lowest BCUT2D eigenvalue weighted by Crippen LogP contribution is -2.39. The quantitative estimate of drug-likeness (QED) is 0.572. The number of anilines is 1. The van der Waals surface area contributed by atoms with Gasteiger partial charge < -0.3 is 25.7 Å². The van der Waals surface area contributed by atoms with Crippen molar-refractivity contribution in [2.24, 2.45) is 0 Å². The first kappa shape index (κ1) is 17.4. The summed E-state index contributed by atoms with van der Waals surface area (Å²) in [6.45, 7) is 1.26. The molecule has 23 heavy (non-hydrogen) atoms. The lowest BCUT2D eigenvalue weighted by Gasteiger charge is -2.19. The fourth-order valence-electron chi connectivity index (χ4n) is 1.86. The molecule has 0 bridgehead atoms. The number of hydrogen-bond acceptors (Lipinski definition) is 5. The van der Waals surface area contributed by atoms with Gasteiger partial charge >= 0.3 is 11.9 Å². The molecule has 0 amide bonds. The fraction of sp³-hybridized carbons (Fsp3) is 0.231. The molecule has 1 aliphatic rings. The molecule has 0 aromatic heterocycles. The summed E-state index contributed by atoms with van der Waals surface area (Å²) in [6, 6.07) is 3.73. The molecule has 1 heterocycles. The van der Waals surface area contributed by atoms with Gasteiger partial charge in [-0.15, -0.1) is 0 Å². The summed E-state index contributed by atoms with van der Waals surface area (Å²) in [5.74, 6) is -1.49. The van der Waals surface area contributed by atoms with E-state index >= 15 is 0 Å². The normalized spacial score (nSPS) is 13.7. The molecule has 0 radical (unpaired) electrons. The van der Waals surface area contributed by atoms with Gasteiger partial charge in [-0.05, 0) is 30.4 Å². The van der Waals surface area contributed by atoms with E-state index in [-0.39, 0.29) is 21.9 Å². The van der Waals surface area contributed by atoms with Crippen LogP contribution in [-0.2, 0) is 0 Å². The minimum atomic E-state index is -1.21. The highest BCUT2D eigenvalue weighted by Gasteiger charge is 2.17. The van der Waals surface area contributed by atoms with Gasteiger partial charge in [-0.25, -0.2) is 9.59 Å². The molecule has 4 N–H and O–H groups in total. The Bertz CT molecular complexity index is 648. The van der Waals surface area contributed by atoms with Crippen molar-refractivity contribution in [3.63, 3.8) is 0 Å². The van der Waals surface area contributed by atoms with Crippen LogP contribution in [0.4, 0.5) is 5.69 Å². The van der Waals surface area contributed by atoms with Crippen molar-refractivity contribution in [1.29, 1.82) is 0 Å². The first-order chi connectivity index (χ1) is 10.9. The average Bonchev–Trinajstić information content (AvgIpc) is 2.90. The number of aromatic carboxylic acids is 2. The monoisotopic (exact) mass is 371 g/mol. The zero-order valence-corrected chi connectivity index (χ0v) is 14.2. The highest BCUT2D eigenvalue weighted by atomic mass is 32.2. The molecule has 122 valence electrons. The van der Waals surface area contributed by atoms with Gasteiger partial charge in [-0.3, -0.25) is 0 Å². The summed E-state index contributed by atoms with van der Waals surface area (Å²) in [4.78, 5) is 24.1. The van der Waals surface area contributed by atoms with Crippen molar-refractivity contribution >= 4 is 63.3 Å². The van der Waals surface area contributed by atoms with Gasteiger partial charge in [0.25, 0.3) is 0 Å². The van der Waals surface area contributed by atoms with E-state index in [1.54, 1.807) is 11.8 Å². The highest BCUT2D eigenvalue weighted by Crippen LogP contribution is 2.17. The number of thiocarbonyl (C=S) groups is 2. The molecule has 0 aliphatic carbocycles.